The number of benzene rings is 1. The topological polar surface area (TPSA) is 55.0 Å². The molecule has 0 saturated carbocycles. The van der Waals surface area contributed by atoms with Crippen molar-refractivity contribution in [1.82, 2.24) is 9.97 Å². The lowest BCUT2D eigenvalue weighted by Gasteiger charge is -2.41. The summed E-state index contributed by atoms with van der Waals surface area (Å²) >= 11 is 6.56. The van der Waals surface area contributed by atoms with E-state index in [1.54, 1.807) is 0 Å². The number of fused-ring (bicyclic) bond motifs is 1. The molecular formula is C17H19ClN2O2. The van der Waals surface area contributed by atoms with Crippen molar-refractivity contribution in [3.05, 3.63) is 53.1 Å². The number of hydrogen-bond acceptors (Lipinski definition) is 3. The van der Waals surface area contributed by atoms with E-state index in [1.165, 1.54) is 18.9 Å². The van der Waals surface area contributed by atoms with E-state index in [1.807, 2.05) is 12.1 Å². The summed E-state index contributed by atoms with van der Waals surface area (Å²) in [7, 11) is 1.36. The molecule has 3 rings (SSSR count). The molecule has 0 radical (unpaired) electrons. The van der Waals surface area contributed by atoms with E-state index in [9.17, 15) is 4.79 Å². The highest BCUT2D eigenvalue weighted by molar-refractivity contribution is 6.21. The van der Waals surface area contributed by atoms with Gasteiger partial charge in [0.1, 0.15) is 11.5 Å². The van der Waals surface area contributed by atoms with Crippen LogP contribution in [0.4, 0.5) is 0 Å². The van der Waals surface area contributed by atoms with Gasteiger partial charge in [0.25, 0.3) is 0 Å². The fraction of sp³-hybridized carbons (Fsp3) is 0.412. The first kappa shape index (κ1) is 15.1. The monoisotopic (exact) mass is 318 g/mol. The lowest BCUT2D eigenvalue weighted by molar-refractivity contribution is 0.0594. The van der Waals surface area contributed by atoms with Crippen LogP contribution in [0, 0.1) is 5.41 Å². The second-order valence-corrected chi connectivity index (χ2v) is 6.92. The molecule has 1 N–H and O–H groups in total. The fourth-order valence-corrected chi connectivity index (χ4v) is 3.98. The molecule has 1 heterocycles. The van der Waals surface area contributed by atoms with Crippen molar-refractivity contribution in [2.75, 3.05) is 7.11 Å². The number of rotatable bonds is 2. The van der Waals surface area contributed by atoms with Gasteiger partial charge in [0, 0.05) is 5.92 Å². The standard InChI is InChI=1S/C17H19ClN2O2/c1-17(2)8-12(18)10-6-4-5-7-11(10)14(17)15-19-9-13(20-15)16(21)22-3/h4-7,9,12,14H,8H2,1-3H3,(H,19,20). The normalized spacial score (nSPS) is 22.9. The van der Waals surface area contributed by atoms with E-state index in [0.717, 1.165) is 17.8 Å². The third-order valence-electron chi connectivity index (χ3n) is 4.41. The third-order valence-corrected chi connectivity index (χ3v) is 4.79. The number of carbonyl (C=O) groups excluding carboxylic acids is 1. The first-order valence-corrected chi connectivity index (χ1v) is 7.74. The highest BCUT2D eigenvalue weighted by Gasteiger charge is 2.42. The zero-order chi connectivity index (χ0) is 15.9. The predicted molar refractivity (Wildman–Crippen MR) is 85.2 cm³/mol. The molecule has 2 aromatic rings. The lowest BCUT2D eigenvalue weighted by atomic mass is 9.65. The average molecular weight is 319 g/mol. The minimum absolute atomic E-state index is 0.00232. The molecule has 1 aliphatic rings. The molecule has 5 heteroatoms. The molecule has 2 atom stereocenters. The number of aromatic nitrogens is 2. The molecule has 0 bridgehead atoms. The molecule has 4 nitrogen and oxygen atoms in total. The lowest BCUT2D eigenvalue weighted by Crippen LogP contribution is -2.31. The van der Waals surface area contributed by atoms with Crippen LogP contribution in [0.3, 0.4) is 0 Å². The van der Waals surface area contributed by atoms with E-state index >= 15 is 0 Å². The Morgan fingerprint density at radius 1 is 1.36 bits per heavy atom. The number of methoxy groups -OCH3 is 1. The predicted octanol–water partition coefficient (Wildman–Crippen LogP) is 4.04. The van der Waals surface area contributed by atoms with Crippen molar-refractivity contribution in [3.63, 3.8) is 0 Å². The summed E-state index contributed by atoms with van der Waals surface area (Å²) in [5, 5.41) is -0.00232. The van der Waals surface area contributed by atoms with Crippen molar-refractivity contribution in [3.8, 4) is 0 Å². The Hall–Kier alpha value is -1.81. The number of halogens is 1. The van der Waals surface area contributed by atoms with E-state index < -0.39 is 5.97 Å². The van der Waals surface area contributed by atoms with Crippen molar-refractivity contribution in [2.24, 2.45) is 5.41 Å². The maximum Gasteiger partial charge on any atom is 0.356 e. The van der Waals surface area contributed by atoms with Gasteiger partial charge in [-0.3, -0.25) is 0 Å². The molecule has 116 valence electrons. The molecule has 0 saturated heterocycles. The van der Waals surface area contributed by atoms with Crippen LogP contribution in [0.15, 0.2) is 30.5 Å². The summed E-state index contributed by atoms with van der Waals surface area (Å²) in [6.45, 7) is 4.37. The van der Waals surface area contributed by atoms with Crippen LogP contribution >= 0.6 is 11.6 Å². The number of ether oxygens (including phenoxy) is 1. The van der Waals surface area contributed by atoms with Crippen LogP contribution in [0.1, 0.15) is 59.0 Å². The van der Waals surface area contributed by atoms with E-state index in [2.05, 4.69) is 35.9 Å². The van der Waals surface area contributed by atoms with Crippen molar-refractivity contribution in [1.29, 1.82) is 0 Å². The summed E-state index contributed by atoms with van der Waals surface area (Å²) in [5.41, 5.74) is 2.62. The Labute approximate surface area is 134 Å². The molecule has 1 aromatic carbocycles. The Kier molecular flexibility index (Phi) is 3.73. The Morgan fingerprint density at radius 2 is 2.05 bits per heavy atom. The van der Waals surface area contributed by atoms with Gasteiger partial charge in [-0.2, -0.15) is 0 Å². The van der Waals surface area contributed by atoms with Gasteiger partial charge >= 0.3 is 5.97 Å². The van der Waals surface area contributed by atoms with Crippen LogP contribution < -0.4 is 0 Å². The van der Waals surface area contributed by atoms with Crippen molar-refractivity contribution >= 4 is 17.6 Å². The molecule has 2 unspecified atom stereocenters. The number of hydrogen-bond donors (Lipinski definition) is 1. The minimum atomic E-state index is -0.407. The molecule has 1 aromatic heterocycles. The maximum atomic E-state index is 11.7. The second kappa shape index (κ2) is 5.43. The Bertz CT molecular complexity index is 708. The summed E-state index contributed by atoms with van der Waals surface area (Å²) in [5.74, 6) is 0.439. The largest absolute Gasteiger partial charge is 0.464 e. The number of H-pyrrole nitrogens is 1. The van der Waals surface area contributed by atoms with Gasteiger partial charge in [0.2, 0.25) is 0 Å². The molecular weight excluding hydrogens is 300 g/mol. The summed E-state index contributed by atoms with van der Waals surface area (Å²) in [6, 6.07) is 8.18. The zero-order valence-corrected chi connectivity index (χ0v) is 13.6. The number of aromatic amines is 1. The number of nitrogens with one attached hydrogen (secondary N) is 1. The quantitative estimate of drug-likeness (QED) is 0.671. The third kappa shape index (κ3) is 2.41. The number of imidazole rings is 1. The molecule has 0 amide bonds. The molecule has 1 aliphatic carbocycles. The second-order valence-electron chi connectivity index (χ2n) is 6.40. The minimum Gasteiger partial charge on any atom is -0.464 e. The van der Waals surface area contributed by atoms with Crippen molar-refractivity contribution < 1.29 is 9.53 Å². The first-order chi connectivity index (χ1) is 10.4. The fourth-order valence-electron chi connectivity index (χ4n) is 3.38. The van der Waals surface area contributed by atoms with E-state index in [4.69, 9.17) is 16.3 Å². The van der Waals surface area contributed by atoms with Crippen LogP contribution in [-0.4, -0.2) is 23.0 Å². The van der Waals surface area contributed by atoms with Crippen LogP contribution in [0.2, 0.25) is 0 Å². The van der Waals surface area contributed by atoms with Crippen molar-refractivity contribution in [2.45, 2.75) is 31.6 Å². The summed E-state index contributed by atoms with van der Waals surface area (Å²) in [4.78, 5) is 19.2. The number of alkyl halides is 1. The van der Waals surface area contributed by atoms with Crippen LogP contribution in [0.25, 0.3) is 0 Å². The van der Waals surface area contributed by atoms with Crippen LogP contribution in [-0.2, 0) is 4.74 Å². The first-order valence-electron chi connectivity index (χ1n) is 7.30. The highest BCUT2D eigenvalue weighted by Crippen LogP contribution is 2.53. The smallest absolute Gasteiger partial charge is 0.356 e. The number of carbonyl (C=O) groups is 1. The molecule has 22 heavy (non-hydrogen) atoms. The Balaban J connectivity index is 2.10. The van der Waals surface area contributed by atoms with Gasteiger partial charge in [-0.15, -0.1) is 11.6 Å². The SMILES string of the molecule is COC(=O)c1cnc(C2c3ccccc3C(Cl)CC2(C)C)[nH]1. The zero-order valence-electron chi connectivity index (χ0n) is 12.9. The molecule has 0 aliphatic heterocycles. The van der Waals surface area contributed by atoms with Crippen LogP contribution in [0.5, 0.6) is 0 Å². The van der Waals surface area contributed by atoms with Gasteiger partial charge < -0.3 is 9.72 Å². The molecule has 0 fully saturated rings. The number of nitrogens with zero attached hydrogens (tertiary/aromatic N) is 1. The van der Waals surface area contributed by atoms with Gasteiger partial charge in [-0.25, -0.2) is 9.78 Å². The van der Waals surface area contributed by atoms with E-state index in [-0.39, 0.29) is 16.7 Å². The van der Waals surface area contributed by atoms with Gasteiger partial charge in [0.15, 0.2) is 0 Å². The van der Waals surface area contributed by atoms with E-state index in [0.29, 0.717) is 5.69 Å². The number of esters is 1. The highest BCUT2D eigenvalue weighted by atomic mass is 35.5. The summed E-state index contributed by atoms with van der Waals surface area (Å²) in [6.07, 6.45) is 2.39. The maximum absolute atomic E-state index is 11.7. The van der Waals surface area contributed by atoms with Gasteiger partial charge in [-0.05, 0) is 23.0 Å². The molecule has 0 spiro atoms. The summed E-state index contributed by atoms with van der Waals surface area (Å²) < 4.78 is 4.74. The average Bonchev–Trinajstić information content (AvgIpc) is 2.95. The van der Waals surface area contributed by atoms with Gasteiger partial charge in [-0.1, -0.05) is 38.1 Å². The van der Waals surface area contributed by atoms with Gasteiger partial charge in [0.05, 0.1) is 18.7 Å². The Morgan fingerprint density at radius 3 is 2.73 bits per heavy atom.